The van der Waals surface area contributed by atoms with E-state index in [0.29, 0.717) is 6.04 Å². The molecule has 1 aliphatic rings. The summed E-state index contributed by atoms with van der Waals surface area (Å²) in [6.07, 6.45) is 4.25. The highest BCUT2D eigenvalue weighted by Gasteiger charge is 2.19. The van der Waals surface area contributed by atoms with Gasteiger partial charge in [0, 0.05) is 19.1 Å². The van der Waals surface area contributed by atoms with Crippen LogP contribution in [0.2, 0.25) is 0 Å². The molecule has 16 heavy (non-hydrogen) atoms. The second kappa shape index (κ2) is 5.16. The molecule has 4 nitrogen and oxygen atoms in total. The van der Waals surface area contributed by atoms with Gasteiger partial charge in [0.15, 0.2) is 0 Å². The number of rotatable bonds is 3. The van der Waals surface area contributed by atoms with Gasteiger partial charge in [-0.05, 0) is 32.0 Å². The minimum absolute atomic E-state index is 0.581. The number of methoxy groups -OCH3 is 1. The molecule has 0 radical (unpaired) electrons. The van der Waals surface area contributed by atoms with Gasteiger partial charge in [-0.1, -0.05) is 0 Å². The Kier molecular flexibility index (Phi) is 3.62. The van der Waals surface area contributed by atoms with E-state index in [2.05, 4.69) is 15.2 Å². The van der Waals surface area contributed by atoms with Gasteiger partial charge in [0.25, 0.3) is 0 Å². The molecule has 1 atom stereocenters. The van der Waals surface area contributed by atoms with E-state index in [-0.39, 0.29) is 0 Å². The Morgan fingerprint density at radius 2 is 2.38 bits per heavy atom. The first-order chi connectivity index (χ1) is 7.83. The normalized spacial score (nSPS) is 20.9. The fourth-order valence-electron chi connectivity index (χ4n) is 2.10. The Balaban J connectivity index is 2.05. The number of hydrogen-bond acceptors (Lipinski definition) is 4. The molecule has 0 aliphatic carbocycles. The molecule has 0 bridgehead atoms. The number of nitrogens with zero attached hydrogens (tertiary/aromatic N) is 2. The van der Waals surface area contributed by atoms with Crippen LogP contribution < -0.4 is 15.0 Å². The second-order valence-corrected chi connectivity index (χ2v) is 4.13. The number of ether oxygens (including phenoxy) is 1. The monoisotopic (exact) mass is 221 g/mol. The van der Waals surface area contributed by atoms with Crippen molar-refractivity contribution < 1.29 is 4.74 Å². The molecule has 1 aliphatic heterocycles. The number of piperidine rings is 1. The molecular formula is C12H19N3O. The molecule has 1 N–H and O–H groups in total. The second-order valence-electron chi connectivity index (χ2n) is 4.13. The molecule has 1 saturated heterocycles. The quantitative estimate of drug-likeness (QED) is 0.834. The average molecular weight is 221 g/mol. The van der Waals surface area contributed by atoms with Crippen LogP contribution in [0.1, 0.15) is 12.8 Å². The average Bonchev–Trinajstić information content (AvgIpc) is 2.39. The Morgan fingerprint density at radius 3 is 3.00 bits per heavy atom. The third kappa shape index (κ3) is 2.44. The Hall–Kier alpha value is -1.29. The van der Waals surface area contributed by atoms with Gasteiger partial charge in [-0.2, -0.15) is 0 Å². The third-order valence-electron chi connectivity index (χ3n) is 3.11. The minimum Gasteiger partial charge on any atom is -0.495 e. The van der Waals surface area contributed by atoms with Crippen LogP contribution in [0.15, 0.2) is 18.3 Å². The largest absolute Gasteiger partial charge is 0.495 e. The van der Waals surface area contributed by atoms with Crippen molar-refractivity contribution in [1.82, 2.24) is 10.3 Å². The van der Waals surface area contributed by atoms with Crippen LogP contribution in [0.3, 0.4) is 0 Å². The summed E-state index contributed by atoms with van der Waals surface area (Å²) in [5.41, 5.74) is 0. The summed E-state index contributed by atoms with van der Waals surface area (Å²) in [5.74, 6) is 1.85. The first kappa shape index (κ1) is 11.2. The van der Waals surface area contributed by atoms with E-state index in [9.17, 15) is 0 Å². The van der Waals surface area contributed by atoms with E-state index in [0.717, 1.165) is 24.7 Å². The lowest BCUT2D eigenvalue weighted by molar-refractivity contribution is 0.412. The lowest BCUT2D eigenvalue weighted by atomic mass is 10.1. The summed E-state index contributed by atoms with van der Waals surface area (Å²) in [6.45, 7) is 2.13. The lowest BCUT2D eigenvalue weighted by Gasteiger charge is -2.33. The van der Waals surface area contributed by atoms with Crippen molar-refractivity contribution in [3.63, 3.8) is 0 Å². The van der Waals surface area contributed by atoms with Crippen molar-refractivity contribution in [3.05, 3.63) is 18.3 Å². The van der Waals surface area contributed by atoms with E-state index in [1.807, 2.05) is 19.2 Å². The van der Waals surface area contributed by atoms with Gasteiger partial charge >= 0.3 is 0 Å². The number of likely N-dealkylation sites (N-methyl/N-ethyl adjacent to an activating group) is 1. The van der Waals surface area contributed by atoms with Gasteiger partial charge in [0.05, 0.1) is 13.3 Å². The molecule has 1 aromatic rings. The predicted molar refractivity (Wildman–Crippen MR) is 65.1 cm³/mol. The molecule has 1 fully saturated rings. The topological polar surface area (TPSA) is 37.4 Å². The SMILES string of the molecule is CNC1CCCN(c2ccc(OC)cn2)C1. The van der Waals surface area contributed by atoms with E-state index in [4.69, 9.17) is 4.74 Å². The lowest BCUT2D eigenvalue weighted by Crippen LogP contribution is -2.44. The van der Waals surface area contributed by atoms with Crippen LogP contribution in [-0.2, 0) is 0 Å². The third-order valence-corrected chi connectivity index (χ3v) is 3.11. The predicted octanol–water partition coefficient (Wildman–Crippen LogP) is 1.28. The van der Waals surface area contributed by atoms with Gasteiger partial charge < -0.3 is 15.0 Å². The number of nitrogens with one attached hydrogen (secondary N) is 1. The standard InChI is InChI=1S/C12H19N3O/c1-13-10-4-3-7-15(9-10)12-6-5-11(16-2)8-14-12/h5-6,8,10,13H,3-4,7,9H2,1-2H3. The van der Waals surface area contributed by atoms with Crippen molar-refractivity contribution >= 4 is 5.82 Å². The fourth-order valence-corrected chi connectivity index (χ4v) is 2.10. The number of aromatic nitrogens is 1. The van der Waals surface area contributed by atoms with E-state index in [1.165, 1.54) is 12.8 Å². The van der Waals surface area contributed by atoms with Crippen LogP contribution in [0, 0.1) is 0 Å². The molecule has 0 saturated carbocycles. The summed E-state index contributed by atoms with van der Waals surface area (Å²) in [6, 6.07) is 4.57. The van der Waals surface area contributed by atoms with Crippen molar-refractivity contribution in [1.29, 1.82) is 0 Å². The molecule has 2 heterocycles. The highest BCUT2D eigenvalue weighted by Crippen LogP contribution is 2.19. The molecule has 4 heteroatoms. The zero-order chi connectivity index (χ0) is 11.4. The maximum atomic E-state index is 5.11. The van der Waals surface area contributed by atoms with Crippen molar-refractivity contribution in [2.24, 2.45) is 0 Å². The molecule has 1 unspecified atom stereocenters. The molecular weight excluding hydrogens is 202 g/mol. The zero-order valence-electron chi connectivity index (χ0n) is 9.94. The van der Waals surface area contributed by atoms with Gasteiger partial charge in [0.2, 0.25) is 0 Å². The Morgan fingerprint density at radius 1 is 1.50 bits per heavy atom. The van der Waals surface area contributed by atoms with Crippen molar-refractivity contribution in [2.75, 3.05) is 32.1 Å². The maximum Gasteiger partial charge on any atom is 0.137 e. The van der Waals surface area contributed by atoms with E-state index >= 15 is 0 Å². The zero-order valence-corrected chi connectivity index (χ0v) is 9.94. The molecule has 88 valence electrons. The first-order valence-corrected chi connectivity index (χ1v) is 5.75. The molecule has 0 amide bonds. The van der Waals surface area contributed by atoms with Crippen LogP contribution >= 0.6 is 0 Å². The summed E-state index contributed by atoms with van der Waals surface area (Å²) in [4.78, 5) is 6.74. The highest BCUT2D eigenvalue weighted by atomic mass is 16.5. The van der Waals surface area contributed by atoms with Crippen LogP contribution in [0.25, 0.3) is 0 Å². The molecule has 0 aromatic carbocycles. The van der Waals surface area contributed by atoms with Crippen molar-refractivity contribution in [3.8, 4) is 5.75 Å². The van der Waals surface area contributed by atoms with Crippen LogP contribution in [-0.4, -0.2) is 38.3 Å². The fraction of sp³-hybridized carbons (Fsp3) is 0.583. The van der Waals surface area contributed by atoms with Gasteiger partial charge in [-0.3, -0.25) is 0 Å². The molecule has 0 spiro atoms. The molecule has 2 rings (SSSR count). The molecule has 1 aromatic heterocycles. The minimum atomic E-state index is 0.581. The van der Waals surface area contributed by atoms with Gasteiger partial charge in [0.1, 0.15) is 11.6 Å². The van der Waals surface area contributed by atoms with E-state index in [1.54, 1.807) is 13.3 Å². The number of pyridine rings is 1. The van der Waals surface area contributed by atoms with Crippen molar-refractivity contribution in [2.45, 2.75) is 18.9 Å². The maximum absolute atomic E-state index is 5.11. The van der Waals surface area contributed by atoms with Gasteiger partial charge in [-0.25, -0.2) is 4.98 Å². The Bertz CT molecular complexity index is 326. The summed E-state index contributed by atoms with van der Waals surface area (Å²) < 4.78 is 5.11. The van der Waals surface area contributed by atoms with Crippen LogP contribution in [0.5, 0.6) is 5.75 Å². The highest BCUT2D eigenvalue weighted by molar-refractivity contribution is 5.41. The van der Waals surface area contributed by atoms with E-state index < -0.39 is 0 Å². The Labute approximate surface area is 96.6 Å². The summed E-state index contributed by atoms with van der Waals surface area (Å²) in [5, 5.41) is 3.33. The van der Waals surface area contributed by atoms with Crippen LogP contribution in [0.4, 0.5) is 5.82 Å². The number of anilines is 1. The summed E-state index contributed by atoms with van der Waals surface area (Å²) >= 11 is 0. The smallest absolute Gasteiger partial charge is 0.137 e. The number of hydrogen-bond donors (Lipinski definition) is 1. The first-order valence-electron chi connectivity index (χ1n) is 5.75. The summed E-state index contributed by atoms with van der Waals surface area (Å²) in [7, 11) is 3.68. The van der Waals surface area contributed by atoms with Gasteiger partial charge in [-0.15, -0.1) is 0 Å².